The van der Waals surface area contributed by atoms with E-state index < -0.39 is 0 Å². The van der Waals surface area contributed by atoms with Gasteiger partial charge >= 0.3 is 0 Å². The molecule has 0 unspecified atom stereocenters. The minimum Gasteiger partial charge on any atom is -0.391 e. The van der Waals surface area contributed by atoms with Gasteiger partial charge in [-0.25, -0.2) is 4.98 Å². The fourth-order valence-corrected chi connectivity index (χ4v) is 2.06. The molecule has 2 rings (SSSR count). The number of carbonyl (C=O) groups is 1. The van der Waals surface area contributed by atoms with Crippen molar-refractivity contribution in [2.24, 2.45) is 0 Å². The van der Waals surface area contributed by atoms with Crippen LogP contribution in [0.5, 0.6) is 0 Å². The highest BCUT2D eigenvalue weighted by Gasteiger charge is 2.22. The maximum atomic E-state index is 12.0. The van der Waals surface area contributed by atoms with E-state index >= 15 is 0 Å². The Hall–Kier alpha value is -0.940. The third kappa shape index (κ3) is 2.59. The number of pyridine rings is 1. The molecule has 16 heavy (non-hydrogen) atoms. The summed E-state index contributed by atoms with van der Waals surface area (Å²) in [7, 11) is 0. The number of rotatable bonds is 1. The maximum absolute atomic E-state index is 12.0. The Bertz CT molecular complexity index is 380. The summed E-state index contributed by atoms with van der Waals surface area (Å²) in [4.78, 5) is 17.7. The molecule has 0 radical (unpaired) electrons. The van der Waals surface area contributed by atoms with Gasteiger partial charge in [0.15, 0.2) is 0 Å². The minimum absolute atomic E-state index is 0.0567. The topological polar surface area (TPSA) is 53.4 Å². The number of piperidine rings is 1. The van der Waals surface area contributed by atoms with Crippen LogP contribution in [0.3, 0.4) is 0 Å². The monoisotopic (exact) mass is 284 g/mol. The zero-order chi connectivity index (χ0) is 11.5. The highest BCUT2D eigenvalue weighted by atomic mass is 79.9. The second-order valence-corrected chi connectivity index (χ2v) is 4.73. The van der Waals surface area contributed by atoms with Crippen molar-refractivity contribution < 1.29 is 9.90 Å². The summed E-state index contributed by atoms with van der Waals surface area (Å²) in [6.07, 6.45) is 2.80. The lowest BCUT2D eigenvalue weighted by Crippen LogP contribution is -2.42. The molecule has 1 saturated heterocycles. The number of β-amino-alcohol motifs (C(OH)–C–C–N with tert-alkyl or cyclic N) is 1. The Morgan fingerprint density at radius 3 is 3.00 bits per heavy atom. The molecule has 0 spiro atoms. The molecule has 0 aromatic carbocycles. The highest BCUT2D eigenvalue weighted by Crippen LogP contribution is 2.14. The number of aromatic nitrogens is 1. The number of carbonyl (C=O) groups excluding carboxylic acids is 1. The molecular weight excluding hydrogens is 272 g/mol. The molecule has 1 amide bonds. The van der Waals surface area contributed by atoms with Crippen LogP contribution in [-0.4, -0.2) is 40.1 Å². The predicted octanol–water partition coefficient (Wildman–Crippen LogP) is 1.44. The van der Waals surface area contributed by atoms with Gasteiger partial charge in [0.05, 0.1) is 11.7 Å². The van der Waals surface area contributed by atoms with Crippen LogP contribution in [-0.2, 0) is 0 Å². The number of aliphatic hydroxyl groups is 1. The van der Waals surface area contributed by atoms with E-state index in [1.807, 2.05) is 0 Å². The molecule has 1 aliphatic rings. The molecule has 1 N–H and O–H groups in total. The quantitative estimate of drug-likeness (QED) is 0.794. The van der Waals surface area contributed by atoms with Gasteiger partial charge in [0.2, 0.25) is 0 Å². The van der Waals surface area contributed by atoms with Gasteiger partial charge in [-0.15, -0.1) is 0 Å². The second kappa shape index (κ2) is 4.93. The molecule has 5 heteroatoms. The molecule has 4 nitrogen and oxygen atoms in total. The number of halogens is 1. The molecule has 86 valence electrons. The molecule has 1 atom stereocenters. The summed E-state index contributed by atoms with van der Waals surface area (Å²) in [6, 6.07) is 3.48. The van der Waals surface area contributed by atoms with E-state index in [1.165, 1.54) is 0 Å². The van der Waals surface area contributed by atoms with Gasteiger partial charge in [0.25, 0.3) is 5.91 Å². The Morgan fingerprint density at radius 1 is 1.56 bits per heavy atom. The first-order valence-electron chi connectivity index (χ1n) is 5.26. The third-order valence-electron chi connectivity index (χ3n) is 2.66. The number of likely N-dealkylation sites (tertiary alicyclic amines) is 1. The first-order valence-corrected chi connectivity index (χ1v) is 6.05. The van der Waals surface area contributed by atoms with Crippen molar-refractivity contribution in [1.29, 1.82) is 0 Å². The first kappa shape index (κ1) is 11.5. The minimum atomic E-state index is -0.388. The summed E-state index contributed by atoms with van der Waals surface area (Å²) in [5, 5.41) is 9.50. The second-order valence-electron chi connectivity index (χ2n) is 3.92. The number of hydrogen-bond acceptors (Lipinski definition) is 3. The van der Waals surface area contributed by atoms with E-state index in [0.717, 1.165) is 12.8 Å². The van der Waals surface area contributed by atoms with E-state index in [2.05, 4.69) is 20.9 Å². The van der Waals surface area contributed by atoms with E-state index in [1.54, 1.807) is 23.2 Å². The highest BCUT2D eigenvalue weighted by molar-refractivity contribution is 9.10. The Labute approximate surface area is 102 Å². The molecular formula is C11H13BrN2O2. The van der Waals surface area contributed by atoms with Crippen LogP contribution in [0.2, 0.25) is 0 Å². The molecule has 1 aromatic heterocycles. The Balaban J connectivity index is 2.09. The predicted molar refractivity (Wildman–Crippen MR) is 63.1 cm³/mol. The number of nitrogens with zero attached hydrogens (tertiary/aromatic N) is 2. The fraction of sp³-hybridized carbons (Fsp3) is 0.455. The smallest absolute Gasteiger partial charge is 0.255 e. The van der Waals surface area contributed by atoms with Crippen LogP contribution in [0.15, 0.2) is 22.9 Å². The maximum Gasteiger partial charge on any atom is 0.255 e. The van der Waals surface area contributed by atoms with Crippen molar-refractivity contribution in [3.8, 4) is 0 Å². The van der Waals surface area contributed by atoms with E-state index in [0.29, 0.717) is 23.3 Å². The lowest BCUT2D eigenvalue weighted by atomic mass is 10.1. The van der Waals surface area contributed by atoms with Crippen LogP contribution in [0.4, 0.5) is 0 Å². The molecule has 1 aliphatic heterocycles. The summed E-state index contributed by atoms with van der Waals surface area (Å²) >= 11 is 3.22. The van der Waals surface area contributed by atoms with Crippen molar-refractivity contribution in [1.82, 2.24) is 9.88 Å². The summed E-state index contributed by atoms with van der Waals surface area (Å²) < 4.78 is 0.711. The Kier molecular flexibility index (Phi) is 3.56. The van der Waals surface area contributed by atoms with Crippen molar-refractivity contribution in [3.63, 3.8) is 0 Å². The van der Waals surface area contributed by atoms with Gasteiger partial charge in [-0.3, -0.25) is 4.79 Å². The van der Waals surface area contributed by atoms with E-state index in [-0.39, 0.29) is 12.0 Å². The zero-order valence-electron chi connectivity index (χ0n) is 8.77. The lowest BCUT2D eigenvalue weighted by Gasteiger charge is -2.30. The van der Waals surface area contributed by atoms with Gasteiger partial charge in [-0.2, -0.15) is 0 Å². The van der Waals surface area contributed by atoms with Crippen LogP contribution < -0.4 is 0 Å². The third-order valence-corrected chi connectivity index (χ3v) is 3.13. The average molecular weight is 285 g/mol. The van der Waals surface area contributed by atoms with Crippen LogP contribution >= 0.6 is 15.9 Å². The molecule has 0 bridgehead atoms. The zero-order valence-corrected chi connectivity index (χ0v) is 10.4. The van der Waals surface area contributed by atoms with Crippen molar-refractivity contribution in [3.05, 3.63) is 28.5 Å². The normalized spacial score (nSPS) is 20.9. The first-order chi connectivity index (χ1) is 7.66. The number of amides is 1. The summed E-state index contributed by atoms with van der Waals surface area (Å²) in [5.41, 5.74) is 0.567. The molecule has 1 fully saturated rings. The SMILES string of the molecule is O=C(c1ccc(Br)nc1)N1CCC[C@H](O)C1. The van der Waals surface area contributed by atoms with Gasteiger partial charge in [0, 0.05) is 19.3 Å². The molecule has 2 heterocycles. The van der Waals surface area contributed by atoms with Gasteiger partial charge in [-0.1, -0.05) is 0 Å². The summed E-state index contributed by atoms with van der Waals surface area (Å²) in [6.45, 7) is 1.14. The largest absolute Gasteiger partial charge is 0.391 e. The molecule has 1 aromatic rings. The van der Waals surface area contributed by atoms with E-state index in [4.69, 9.17) is 0 Å². The Morgan fingerprint density at radius 2 is 2.38 bits per heavy atom. The number of hydrogen-bond donors (Lipinski definition) is 1. The molecule has 0 aliphatic carbocycles. The van der Waals surface area contributed by atoms with Crippen LogP contribution in [0.25, 0.3) is 0 Å². The lowest BCUT2D eigenvalue weighted by molar-refractivity contribution is 0.0473. The summed E-state index contributed by atoms with van der Waals surface area (Å²) in [5.74, 6) is -0.0567. The van der Waals surface area contributed by atoms with Gasteiger partial charge in [-0.05, 0) is 40.9 Å². The van der Waals surface area contributed by atoms with Crippen LogP contribution in [0, 0.1) is 0 Å². The van der Waals surface area contributed by atoms with Crippen molar-refractivity contribution >= 4 is 21.8 Å². The standard InChI is InChI=1S/C11H13BrN2O2/c12-10-4-3-8(6-13-10)11(16)14-5-1-2-9(15)7-14/h3-4,6,9,15H,1-2,5,7H2/t9-/m0/s1. The van der Waals surface area contributed by atoms with Gasteiger partial charge < -0.3 is 10.0 Å². The molecule has 0 saturated carbocycles. The van der Waals surface area contributed by atoms with E-state index in [9.17, 15) is 9.90 Å². The fourth-order valence-electron chi connectivity index (χ4n) is 1.82. The van der Waals surface area contributed by atoms with Crippen LogP contribution in [0.1, 0.15) is 23.2 Å². The number of aliphatic hydroxyl groups excluding tert-OH is 1. The van der Waals surface area contributed by atoms with Crippen molar-refractivity contribution in [2.75, 3.05) is 13.1 Å². The average Bonchev–Trinajstić information content (AvgIpc) is 2.29. The van der Waals surface area contributed by atoms with Crippen molar-refractivity contribution in [2.45, 2.75) is 18.9 Å². The van der Waals surface area contributed by atoms with Gasteiger partial charge in [0.1, 0.15) is 4.60 Å².